The fourth-order valence-corrected chi connectivity index (χ4v) is 1.85. The molecule has 18 heavy (non-hydrogen) atoms. The Hall–Kier alpha value is -1.31. The molecule has 1 aliphatic carbocycles. The van der Waals surface area contributed by atoms with E-state index < -0.39 is 17.6 Å². The molecule has 0 aromatic carbocycles. The molecular weight excluding hydrogens is 315 g/mol. The largest absolute Gasteiger partial charge is 0.411 e. The summed E-state index contributed by atoms with van der Waals surface area (Å²) in [6.07, 6.45) is -3.30. The number of nitrogens with zero attached hydrogens (tertiary/aromatic N) is 1. The van der Waals surface area contributed by atoms with E-state index in [0.717, 1.165) is 0 Å². The minimum Gasteiger partial charge on any atom is -0.383 e. The summed E-state index contributed by atoms with van der Waals surface area (Å²) >= 11 is 3.08. The summed E-state index contributed by atoms with van der Waals surface area (Å²) in [4.78, 5) is 15.5. The summed E-state index contributed by atoms with van der Waals surface area (Å²) in [7, 11) is 0. The maximum absolute atomic E-state index is 12.7. The molecule has 0 bridgehead atoms. The molecule has 1 saturated carbocycles. The highest BCUT2D eigenvalue weighted by Gasteiger charge is 2.64. The summed E-state index contributed by atoms with van der Waals surface area (Å²) in [6.45, 7) is 0. The van der Waals surface area contributed by atoms with E-state index in [1.807, 2.05) is 5.32 Å². The molecule has 1 fully saturated rings. The molecule has 0 aliphatic heterocycles. The van der Waals surface area contributed by atoms with E-state index in [0.29, 0.717) is 4.47 Å². The van der Waals surface area contributed by atoms with Gasteiger partial charge in [0.2, 0.25) is 0 Å². The van der Waals surface area contributed by atoms with Crippen LogP contribution in [0.5, 0.6) is 0 Å². The summed E-state index contributed by atoms with van der Waals surface area (Å²) in [6, 6.07) is 1.34. The minimum absolute atomic E-state index is 0.0695. The molecule has 4 nitrogen and oxygen atoms in total. The Morgan fingerprint density at radius 3 is 2.61 bits per heavy atom. The summed E-state index contributed by atoms with van der Waals surface area (Å²) in [5, 5.41) is 1.99. The zero-order chi connectivity index (χ0) is 13.6. The Kier molecular flexibility index (Phi) is 3.00. The number of anilines is 1. The maximum atomic E-state index is 12.7. The molecule has 0 radical (unpaired) electrons. The molecule has 1 amide bonds. The maximum Gasteiger partial charge on any atom is 0.411 e. The van der Waals surface area contributed by atoms with Crippen LogP contribution in [0.15, 0.2) is 16.7 Å². The number of carbonyl (C=O) groups excluding carboxylic acids is 1. The van der Waals surface area contributed by atoms with Crippen LogP contribution in [-0.4, -0.2) is 22.6 Å². The first kappa shape index (κ1) is 13.1. The number of halogens is 4. The molecule has 1 aromatic rings. The van der Waals surface area contributed by atoms with Gasteiger partial charge < -0.3 is 11.1 Å². The van der Waals surface area contributed by atoms with Crippen LogP contribution in [0.2, 0.25) is 0 Å². The number of hydrogen-bond acceptors (Lipinski definition) is 3. The average Bonchev–Trinajstić information content (AvgIpc) is 3.01. The second kappa shape index (κ2) is 4.11. The molecule has 1 aliphatic rings. The number of hydrogen-bond donors (Lipinski definition) is 2. The highest BCUT2D eigenvalue weighted by molar-refractivity contribution is 9.10. The molecule has 0 saturated heterocycles. The van der Waals surface area contributed by atoms with E-state index in [1.165, 1.54) is 12.3 Å². The van der Waals surface area contributed by atoms with E-state index in [9.17, 15) is 18.0 Å². The summed E-state index contributed by atoms with van der Waals surface area (Å²) in [5.74, 6) is -0.968. The minimum atomic E-state index is -4.45. The number of amides is 1. The lowest BCUT2D eigenvalue weighted by atomic mass is 10.2. The Bertz CT molecular complexity index is 500. The molecule has 3 N–H and O–H groups in total. The van der Waals surface area contributed by atoms with Crippen LogP contribution in [0, 0.1) is 0 Å². The molecule has 2 rings (SSSR count). The second-order valence-electron chi connectivity index (χ2n) is 4.12. The van der Waals surface area contributed by atoms with Crippen LogP contribution >= 0.6 is 15.9 Å². The third-order valence-electron chi connectivity index (χ3n) is 2.78. The molecular formula is C10H9BrF3N3O. The normalized spacial score (nSPS) is 17.3. The second-order valence-corrected chi connectivity index (χ2v) is 5.04. The first-order valence-corrected chi connectivity index (χ1v) is 5.85. The number of alkyl halides is 3. The molecule has 1 aromatic heterocycles. The Morgan fingerprint density at radius 2 is 2.11 bits per heavy atom. The van der Waals surface area contributed by atoms with Crippen molar-refractivity contribution in [2.75, 3.05) is 5.73 Å². The van der Waals surface area contributed by atoms with Crippen LogP contribution in [0.3, 0.4) is 0 Å². The summed E-state index contributed by atoms with van der Waals surface area (Å²) < 4.78 is 38.5. The van der Waals surface area contributed by atoms with Gasteiger partial charge in [-0.25, -0.2) is 4.98 Å². The van der Waals surface area contributed by atoms with E-state index in [1.54, 1.807) is 0 Å². The van der Waals surface area contributed by atoms with Gasteiger partial charge in [-0.1, -0.05) is 0 Å². The first-order valence-electron chi connectivity index (χ1n) is 5.05. The SMILES string of the molecule is Nc1ncc(Br)cc1C(=O)NC1(C(F)(F)F)CC1. The van der Waals surface area contributed by atoms with Crippen LogP contribution in [0.4, 0.5) is 19.0 Å². The van der Waals surface area contributed by atoms with Crippen LogP contribution in [0.25, 0.3) is 0 Å². The smallest absolute Gasteiger partial charge is 0.383 e. The van der Waals surface area contributed by atoms with Gasteiger partial charge in [-0.05, 0) is 34.8 Å². The fraction of sp³-hybridized carbons (Fsp3) is 0.400. The highest BCUT2D eigenvalue weighted by atomic mass is 79.9. The van der Waals surface area contributed by atoms with Gasteiger partial charge in [0.25, 0.3) is 5.91 Å². The van der Waals surface area contributed by atoms with Gasteiger partial charge in [0.15, 0.2) is 0 Å². The van der Waals surface area contributed by atoms with Gasteiger partial charge >= 0.3 is 6.18 Å². The van der Waals surface area contributed by atoms with Crippen LogP contribution in [-0.2, 0) is 0 Å². The van der Waals surface area contributed by atoms with Crippen molar-refractivity contribution in [3.05, 3.63) is 22.3 Å². The van der Waals surface area contributed by atoms with E-state index in [-0.39, 0.29) is 24.2 Å². The molecule has 0 spiro atoms. The fourth-order valence-electron chi connectivity index (χ4n) is 1.52. The average molecular weight is 324 g/mol. The van der Waals surface area contributed by atoms with Gasteiger partial charge in [0, 0.05) is 10.7 Å². The van der Waals surface area contributed by atoms with Crippen molar-refractivity contribution in [2.45, 2.75) is 24.6 Å². The lowest BCUT2D eigenvalue weighted by molar-refractivity contribution is -0.163. The third-order valence-corrected chi connectivity index (χ3v) is 3.21. The standard InChI is InChI=1S/C10H9BrF3N3O/c11-5-3-6(7(15)16-4-5)8(18)17-9(1-2-9)10(12,13)14/h3-4H,1-2H2,(H2,15,16)(H,17,18). The number of aromatic nitrogens is 1. The Balaban J connectivity index is 2.21. The van der Waals surface area contributed by atoms with Crippen LogP contribution < -0.4 is 11.1 Å². The van der Waals surface area contributed by atoms with Gasteiger partial charge in [0.05, 0.1) is 5.56 Å². The topological polar surface area (TPSA) is 68.0 Å². The lowest BCUT2D eigenvalue weighted by Gasteiger charge is -2.20. The van der Waals surface area contributed by atoms with Crippen molar-refractivity contribution in [3.8, 4) is 0 Å². The number of rotatable bonds is 2. The molecule has 0 atom stereocenters. The molecule has 1 heterocycles. The number of nitrogen functional groups attached to an aromatic ring is 1. The Labute approximate surface area is 109 Å². The monoisotopic (exact) mass is 323 g/mol. The highest BCUT2D eigenvalue weighted by Crippen LogP contribution is 2.49. The van der Waals surface area contributed by atoms with E-state index >= 15 is 0 Å². The van der Waals surface area contributed by atoms with E-state index in [4.69, 9.17) is 5.73 Å². The molecule has 98 valence electrons. The third kappa shape index (κ3) is 2.29. The van der Waals surface area contributed by atoms with Gasteiger partial charge in [-0.3, -0.25) is 4.79 Å². The number of nitrogens with two attached hydrogens (primary N) is 1. The first-order chi connectivity index (χ1) is 8.25. The van der Waals surface area contributed by atoms with Gasteiger partial charge in [-0.2, -0.15) is 13.2 Å². The molecule has 0 unspecified atom stereocenters. The summed E-state index contributed by atoms with van der Waals surface area (Å²) in [5.41, 5.74) is 3.30. The van der Waals surface area contributed by atoms with E-state index in [2.05, 4.69) is 20.9 Å². The molecule has 8 heteroatoms. The number of pyridine rings is 1. The lowest BCUT2D eigenvalue weighted by Crippen LogP contribution is -2.48. The van der Waals surface area contributed by atoms with Crippen molar-refractivity contribution >= 4 is 27.7 Å². The van der Waals surface area contributed by atoms with Gasteiger partial charge in [0.1, 0.15) is 11.4 Å². The van der Waals surface area contributed by atoms with Crippen molar-refractivity contribution in [2.24, 2.45) is 0 Å². The quantitative estimate of drug-likeness (QED) is 0.877. The number of nitrogens with one attached hydrogen (secondary N) is 1. The Morgan fingerprint density at radius 1 is 1.50 bits per heavy atom. The van der Waals surface area contributed by atoms with Gasteiger partial charge in [-0.15, -0.1) is 0 Å². The van der Waals surface area contributed by atoms with Crippen LogP contribution in [0.1, 0.15) is 23.2 Å². The zero-order valence-electron chi connectivity index (χ0n) is 9.01. The zero-order valence-corrected chi connectivity index (χ0v) is 10.6. The predicted octanol–water partition coefficient (Wildman–Crippen LogP) is 2.25. The van der Waals surface area contributed by atoms with Crippen molar-refractivity contribution in [1.29, 1.82) is 0 Å². The number of carbonyl (C=O) groups is 1. The van der Waals surface area contributed by atoms with Crippen molar-refractivity contribution < 1.29 is 18.0 Å². The van der Waals surface area contributed by atoms with Crippen molar-refractivity contribution in [3.63, 3.8) is 0 Å². The predicted molar refractivity (Wildman–Crippen MR) is 61.8 cm³/mol. The van der Waals surface area contributed by atoms with Crippen molar-refractivity contribution in [1.82, 2.24) is 10.3 Å².